The van der Waals surface area contributed by atoms with Crippen LogP contribution in [0.25, 0.3) is 6.08 Å². The highest BCUT2D eigenvalue weighted by atomic mass is 32.1. The van der Waals surface area contributed by atoms with Gasteiger partial charge in [-0.2, -0.15) is 0 Å². The lowest BCUT2D eigenvalue weighted by Crippen LogP contribution is -2.41. The van der Waals surface area contributed by atoms with Crippen molar-refractivity contribution in [3.8, 4) is 0 Å². The fraction of sp³-hybridized carbons (Fsp3) is 0.467. The number of aliphatic carboxylic acids is 1. The lowest BCUT2D eigenvalue weighted by molar-refractivity contribution is -0.131. The number of carbonyl (C=O) groups excluding carboxylic acids is 1. The van der Waals surface area contributed by atoms with Crippen LogP contribution in [0.2, 0.25) is 0 Å². The van der Waals surface area contributed by atoms with Gasteiger partial charge in [-0.15, -0.1) is 11.3 Å². The lowest BCUT2D eigenvalue weighted by atomic mass is 10.1. The molecule has 0 aromatic carbocycles. The van der Waals surface area contributed by atoms with Gasteiger partial charge in [0, 0.05) is 28.9 Å². The molecular weight excluding hydrogens is 290 g/mol. The molecule has 0 atom stereocenters. The molecule has 5 nitrogen and oxygen atoms in total. The predicted molar refractivity (Wildman–Crippen MR) is 83.5 cm³/mol. The summed E-state index contributed by atoms with van der Waals surface area (Å²) >= 11 is 1.32. The van der Waals surface area contributed by atoms with E-state index >= 15 is 0 Å². The summed E-state index contributed by atoms with van der Waals surface area (Å²) in [5, 5.41) is 19.5. The molecule has 0 aliphatic heterocycles. The van der Waals surface area contributed by atoms with E-state index < -0.39 is 5.97 Å². The van der Waals surface area contributed by atoms with E-state index in [0.717, 1.165) is 18.9 Å². The quantitative estimate of drug-likeness (QED) is 0.723. The number of amides is 1. The molecule has 0 fully saturated rings. The summed E-state index contributed by atoms with van der Waals surface area (Å²) in [4.78, 5) is 25.4. The molecule has 1 amide bonds. The third-order valence-electron chi connectivity index (χ3n) is 3.24. The van der Waals surface area contributed by atoms with Crippen molar-refractivity contribution < 1.29 is 19.8 Å². The summed E-state index contributed by atoms with van der Waals surface area (Å²) in [5.41, 5.74) is 0.533. The number of carboxylic acids is 1. The highest BCUT2D eigenvalue weighted by Gasteiger charge is 2.22. The molecule has 0 unspecified atom stereocenters. The van der Waals surface area contributed by atoms with Crippen molar-refractivity contribution in [2.45, 2.75) is 32.7 Å². The van der Waals surface area contributed by atoms with E-state index in [-0.39, 0.29) is 18.6 Å². The molecule has 0 saturated carbocycles. The molecule has 6 heteroatoms. The first-order chi connectivity index (χ1) is 10.0. The van der Waals surface area contributed by atoms with Gasteiger partial charge in [0.25, 0.3) is 5.91 Å². The number of rotatable bonds is 8. The Morgan fingerprint density at radius 3 is 2.57 bits per heavy atom. The molecule has 0 radical (unpaired) electrons. The molecule has 0 spiro atoms. The Hall–Kier alpha value is -1.66. The number of aliphatic hydroxyl groups is 1. The fourth-order valence-electron chi connectivity index (χ4n) is 2.16. The Balaban J connectivity index is 2.91. The van der Waals surface area contributed by atoms with Crippen molar-refractivity contribution in [3.63, 3.8) is 0 Å². The van der Waals surface area contributed by atoms with Gasteiger partial charge in [-0.3, -0.25) is 4.79 Å². The minimum Gasteiger partial charge on any atom is -0.478 e. The van der Waals surface area contributed by atoms with Crippen LogP contribution in [0.1, 0.15) is 41.9 Å². The Bertz CT molecular complexity index is 506. The van der Waals surface area contributed by atoms with Gasteiger partial charge in [-0.1, -0.05) is 13.8 Å². The van der Waals surface area contributed by atoms with Crippen LogP contribution in [0, 0.1) is 0 Å². The molecule has 0 aliphatic carbocycles. The Morgan fingerprint density at radius 2 is 2.05 bits per heavy atom. The normalized spacial score (nSPS) is 11.2. The molecule has 2 N–H and O–H groups in total. The van der Waals surface area contributed by atoms with E-state index in [1.807, 2.05) is 13.8 Å². The van der Waals surface area contributed by atoms with Crippen LogP contribution in [-0.2, 0) is 4.79 Å². The molecule has 21 heavy (non-hydrogen) atoms. The summed E-state index contributed by atoms with van der Waals surface area (Å²) in [5.74, 6) is -1.14. The number of nitrogens with zero attached hydrogens (tertiary/aromatic N) is 1. The minimum atomic E-state index is -1.02. The zero-order valence-electron chi connectivity index (χ0n) is 12.3. The number of aliphatic hydroxyl groups excluding tert-OH is 1. The first-order valence-corrected chi connectivity index (χ1v) is 7.82. The maximum atomic E-state index is 12.5. The molecule has 0 bridgehead atoms. The van der Waals surface area contributed by atoms with E-state index in [0.29, 0.717) is 17.0 Å². The van der Waals surface area contributed by atoms with Gasteiger partial charge >= 0.3 is 5.97 Å². The number of hydrogen-bond acceptors (Lipinski definition) is 4. The fourth-order valence-corrected chi connectivity index (χ4v) is 2.93. The van der Waals surface area contributed by atoms with E-state index in [2.05, 4.69) is 0 Å². The molecule has 1 heterocycles. The van der Waals surface area contributed by atoms with Crippen molar-refractivity contribution in [1.82, 2.24) is 4.90 Å². The lowest BCUT2D eigenvalue weighted by Gasteiger charge is -2.29. The highest BCUT2D eigenvalue weighted by Crippen LogP contribution is 2.20. The number of hydrogen-bond donors (Lipinski definition) is 2. The van der Waals surface area contributed by atoms with Gasteiger partial charge in [0.15, 0.2) is 0 Å². The zero-order chi connectivity index (χ0) is 15.8. The first kappa shape index (κ1) is 17.4. The average Bonchev–Trinajstić information content (AvgIpc) is 2.93. The SMILES string of the molecule is CCC(CC)N(CCO)C(=O)c1csc(C=CC(=O)O)c1. The topological polar surface area (TPSA) is 77.8 Å². The van der Waals surface area contributed by atoms with Crippen LogP contribution in [0.3, 0.4) is 0 Å². The molecule has 0 saturated heterocycles. The second kappa shape index (κ2) is 8.59. The van der Waals surface area contributed by atoms with Crippen molar-refractivity contribution >= 4 is 29.3 Å². The summed E-state index contributed by atoms with van der Waals surface area (Å²) in [6, 6.07) is 1.78. The number of carbonyl (C=O) groups is 2. The first-order valence-electron chi connectivity index (χ1n) is 6.94. The summed E-state index contributed by atoms with van der Waals surface area (Å²) in [7, 11) is 0. The third kappa shape index (κ3) is 4.99. The van der Waals surface area contributed by atoms with Crippen LogP contribution in [0.4, 0.5) is 0 Å². The molecule has 1 aromatic rings. The largest absolute Gasteiger partial charge is 0.478 e. The van der Waals surface area contributed by atoms with Gasteiger partial charge in [0.2, 0.25) is 0 Å². The van der Waals surface area contributed by atoms with E-state index in [4.69, 9.17) is 10.2 Å². The Labute approximate surface area is 128 Å². The van der Waals surface area contributed by atoms with Crippen molar-refractivity contribution in [2.75, 3.05) is 13.2 Å². The molecular formula is C15H21NO4S. The maximum Gasteiger partial charge on any atom is 0.328 e. The number of thiophene rings is 1. The van der Waals surface area contributed by atoms with Crippen molar-refractivity contribution in [1.29, 1.82) is 0 Å². The molecule has 0 aliphatic rings. The highest BCUT2D eigenvalue weighted by molar-refractivity contribution is 7.11. The Morgan fingerprint density at radius 1 is 1.38 bits per heavy atom. The van der Waals surface area contributed by atoms with Crippen LogP contribution < -0.4 is 0 Å². The summed E-state index contributed by atoms with van der Waals surface area (Å²) in [6.45, 7) is 4.26. The minimum absolute atomic E-state index is 0.0713. The van der Waals surface area contributed by atoms with Gasteiger partial charge in [-0.25, -0.2) is 4.79 Å². The van der Waals surface area contributed by atoms with Gasteiger partial charge < -0.3 is 15.1 Å². The Kier molecular flexibility index (Phi) is 7.11. The van der Waals surface area contributed by atoms with E-state index in [1.54, 1.807) is 16.3 Å². The molecule has 1 aromatic heterocycles. The maximum absolute atomic E-state index is 12.5. The van der Waals surface area contributed by atoms with Gasteiger partial charge in [0.1, 0.15) is 0 Å². The van der Waals surface area contributed by atoms with Crippen LogP contribution >= 0.6 is 11.3 Å². The third-order valence-corrected chi connectivity index (χ3v) is 4.14. The van der Waals surface area contributed by atoms with Crippen LogP contribution in [0.5, 0.6) is 0 Å². The smallest absolute Gasteiger partial charge is 0.328 e. The monoisotopic (exact) mass is 311 g/mol. The van der Waals surface area contributed by atoms with Crippen LogP contribution in [0.15, 0.2) is 17.5 Å². The standard InChI is InChI=1S/C15H21NO4S/c1-3-12(4-2)16(7-8-17)15(20)11-9-13(21-10-11)5-6-14(18)19/h5-6,9-10,12,17H,3-4,7-8H2,1-2H3,(H,18,19). The van der Waals surface area contributed by atoms with Crippen molar-refractivity contribution in [2.24, 2.45) is 0 Å². The second-order valence-electron chi connectivity index (χ2n) is 4.60. The van der Waals surface area contributed by atoms with E-state index in [1.165, 1.54) is 17.4 Å². The molecule has 116 valence electrons. The summed E-state index contributed by atoms with van der Waals surface area (Å²) < 4.78 is 0. The van der Waals surface area contributed by atoms with Crippen molar-refractivity contribution in [3.05, 3.63) is 28.0 Å². The van der Waals surface area contributed by atoms with Crippen LogP contribution in [-0.4, -0.2) is 46.2 Å². The predicted octanol–water partition coefficient (Wildman–Crippen LogP) is 2.47. The average molecular weight is 311 g/mol. The summed E-state index contributed by atoms with van der Waals surface area (Å²) in [6.07, 6.45) is 4.18. The van der Waals surface area contributed by atoms with Gasteiger partial charge in [0.05, 0.1) is 12.2 Å². The second-order valence-corrected chi connectivity index (χ2v) is 5.54. The molecule has 1 rings (SSSR count). The van der Waals surface area contributed by atoms with E-state index in [9.17, 15) is 9.59 Å². The number of carboxylic acid groups (broad SMARTS) is 1. The van der Waals surface area contributed by atoms with Gasteiger partial charge in [-0.05, 0) is 25.0 Å². The zero-order valence-corrected chi connectivity index (χ0v) is 13.1.